The molecule has 134 valence electrons. The zero-order chi connectivity index (χ0) is 18.3. The number of rotatable bonds is 1. The number of aromatic hydroxyl groups is 1. The van der Waals surface area contributed by atoms with Crippen LogP contribution in [-0.2, 0) is 4.79 Å². The van der Waals surface area contributed by atoms with Crippen molar-refractivity contribution in [2.45, 2.75) is 25.3 Å². The maximum absolute atomic E-state index is 12.8. The first-order valence-corrected chi connectivity index (χ1v) is 8.76. The highest BCUT2D eigenvalue weighted by molar-refractivity contribution is 6.06. The van der Waals surface area contributed by atoms with E-state index >= 15 is 0 Å². The van der Waals surface area contributed by atoms with Crippen molar-refractivity contribution < 1.29 is 14.7 Å². The summed E-state index contributed by atoms with van der Waals surface area (Å²) >= 11 is 0. The zero-order valence-corrected chi connectivity index (χ0v) is 14.6. The Kier molecular flexibility index (Phi) is 3.83. The van der Waals surface area contributed by atoms with Crippen LogP contribution < -0.4 is 10.6 Å². The maximum Gasteiger partial charge on any atom is 0.257 e. The van der Waals surface area contributed by atoms with Crippen molar-refractivity contribution in [3.8, 4) is 5.75 Å². The van der Waals surface area contributed by atoms with Crippen molar-refractivity contribution in [1.82, 2.24) is 4.90 Å². The number of amides is 2. The first kappa shape index (κ1) is 16.4. The summed E-state index contributed by atoms with van der Waals surface area (Å²) in [6, 6.07) is 12.6. The number of hydrogen-bond donors (Lipinski definition) is 3. The minimum absolute atomic E-state index is 0.0108. The van der Waals surface area contributed by atoms with E-state index in [-0.39, 0.29) is 17.6 Å². The highest BCUT2D eigenvalue weighted by Gasteiger charge is 2.45. The van der Waals surface area contributed by atoms with Crippen LogP contribution in [0.2, 0.25) is 0 Å². The van der Waals surface area contributed by atoms with Gasteiger partial charge in [0.05, 0.1) is 16.9 Å². The molecule has 26 heavy (non-hydrogen) atoms. The Hall–Kier alpha value is -3.02. The molecular formula is C20H21N3O3. The summed E-state index contributed by atoms with van der Waals surface area (Å²) in [6.07, 6.45) is 1.04. The van der Waals surface area contributed by atoms with E-state index in [0.29, 0.717) is 31.5 Å². The predicted molar refractivity (Wildman–Crippen MR) is 99.4 cm³/mol. The summed E-state index contributed by atoms with van der Waals surface area (Å²) in [5.41, 5.74) is 2.23. The Morgan fingerprint density at radius 2 is 1.81 bits per heavy atom. The molecule has 0 unspecified atom stereocenters. The lowest BCUT2D eigenvalue weighted by Gasteiger charge is -2.44. The van der Waals surface area contributed by atoms with Gasteiger partial charge in [-0.05, 0) is 44.0 Å². The van der Waals surface area contributed by atoms with Crippen LogP contribution in [0.5, 0.6) is 5.75 Å². The fourth-order valence-corrected chi connectivity index (χ4v) is 3.69. The summed E-state index contributed by atoms with van der Waals surface area (Å²) in [5, 5.41) is 16.4. The molecule has 4 rings (SSSR count). The normalized spacial score (nSPS) is 18.0. The minimum atomic E-state index is -0.695. The molecule has 0 bridgehead atoms. The maximum atomic E-state index is 12.8. The number of fused-ring (bicyclic) bond motifs is 1. The van der Waals surface area contributed by atoms with Gasteiger partial charge in [-0.2, -0.15) is 0 Å². The number of nitrogens with one attached hydrogen (secondary N) is 2. The van der Waals surface area contributed by atoms with Gasteiger partial charge in [-0.1, -0.05) is 23.8 Å². The van der Waals surface area contributed by atoms with E-state index in [0.717, 1.165) is 16.9 Å². The fraction of sp³-hybridized carbons (Fsp3) is 0.300. The average molecular weight is 351 g/mol. The van der Waals surface area contributed by atoms with Gasteiger partial charge in [-0.25, -0.2) is 0 Å². The number of anilines is 2. The van der Waals surface area contributed by atoms with E-state index in [1.165, 1.54) is 0 Å². The number of aryl methyl sites for hydroxylation is 1. The quantitative estimate of drug-likeness (QED) is 0.738. The van der Waals surface area contributed by atoms with Crippen LogP contribution in [0.25, 0.3) is 0 Å². The van der Waals surface area contributed by atoms with E-state index in [4.69, 9.17) is 0 Å². The molecule has 0 aromatic heterocycles. The topological polar surface area (TPSA) is 81.7 Å². The van der Waals surface area contributed by atoms with Gasteiger partial charge in [0.2, 0.25) is 5.91 Å². The predicted octanol–water partition coefficient (Wildman–Crippen LogP) is 2.74. The van der Waals surface area contributed by atoms with Crippen molar-refractivity contribution in [2.24, 2.45) is 0 Å². The molecule has 6 nitrogen and oxygen atoms in total. The van der Waals surface area contributed by atoms with Gasteiger partial charge >= 0.3 is 0 Å². The molecule has 2 aliphatic heterocycles. The SMILES string of the molecule is Cc1ccc(O)c(C(=O)N2CCC3(CC2)Nc2ccccc2NC3=O)c1. The Bertz CT molecular complexity index is 886. The highest BCUT2D eigenvalue weighted by Crippen LogP contribution is 2.36. The summed E-state index contributed by atoms with van der Waals surface area (Å²) in [6.45, 7) is 2.79. The molecule has 2 aromatic carbocycles. The molecular weight excluding hydrogens is 330 g/mol. The second-order valence-corrected chi connectivity index (χ2v) is 7.02. The number of nitrogens with zero attached hydrogens (tertiary/aromatic N) is 1. The standard InChI is InChI=1S/C20H21N3O3/c1-13-6-7-17(24)14(12-13)18(25)23-10-8-20(9-11-23)19(26)21-15-4-2-3-5-16(15)22-20/h2-7,12,22,24H,8-11H2,1H3,(H,21,26). The van der Waals surface area contributed by atoms with Crippen LogP contribution in [-0.4, -0.2) is 40.4 Å². The van der Waals surface area contributed by atoms with Crippen molar-refractivity contribution in [2.75, 3.05) is 23.7 Å². The lowest BCUT2D eigenvalue weighted by molar-refractivity contribution is -0.122. The summed E-state index contributed by atoms with van der Waals surface area (Å²) in [5.74, 6) is -0.261. The summed E-state index contributed by atoms with van der Waals surface area (Å²) in [7, 11) is 0. The lowest BCUT2D eigenvalue weighted by atomic mass is 9.84. The van der Waals surface area contributed by atoms with Crippen molar-refractivity contribution in [3.05, 3.63) is 53.6 Å². The Labute approximate surface area is 151 Å². The van der Waals surface area contributed by atoms with Crippen molar-refractivity contribution in [1.29, 1.82) is 0 Å². The Morgan fingerprint density at radius 3 is 2.54 bits per heavy atom. The van der Waals surface area contributed by atoms with Crippen molar-refractivity contribution >= 4 is 23.2 Å². The van der Waals surface area contributed by atoms with E-state index < -0.39 is 5.54 Å². The first-order chi connectivity index (χ1) is 12.5. The van der Waals surface area contributed by atoms with Gasteiger partial charge < -0.3 is 20.6 Å². The molecule has 0 aliphatic carbocycles. The Balaban J connectivity index is 1.51. The average Bonchev–Trinajstić information content (AvgIpc) is 2.65. The third-order valence-electron chi connectivity index (χ3n) is 5.27. The molecule has 0 saturated carbocycles. The number of piperidine rings is 1. The van der Waals surface area contributed by atoms with Crippen molar-refractivity contribution in [3.63, 3.8) is 0 Å². The molecule has 1 fully saturated rings. The summed E-state index contributed by atoms with van der Waals surface area (Å²) in [4.78, 5) is 27.1. The Morgan fingerprint density at radius 1 is 1.12 bits per heavy atom. The molecule has 2 aromatic rings. The van der Waals surface area contributed by atoms with Gasteiger partial charge in [0, 0.05) is 13.1 Å². The lowest BCUT2D eigenvalue weighted by Crippen LogP contribution is -2.59. The molecule has 2 aliphatic rings. The van der Waals surface area contributed by atoms with E-state index in [1.807, 2.05) is 31.2 Å². The number of carbonyl (C=O) groups excluding carboxylic acids is 2. The molecule has 2 amide bonds. The second-order valence-electron chi connectivity index (χ2n) is 7.02. The van der Waals surface area contributed by atoms with Crippen LogP contribution in [0, 0.1) is 6.92 Å². The monoisotopic (exact) mass is 351 g/mol. The number of likely N-dealkylation sites (tertiary alicyclic amines) is 1. The molecule has 3 N–H and O–H groups in total. The zero-order valence-electron chi connectivity index (χ0n) is 14.6. The number of para-hydroxylation sites is 2. The first-order valence-electron chi connectivity index (χ1n) is 8.76. The number of phenolic OH excluding ortho intramolecular Hbond substituents is 1. The van der Waals surface area contributed by atoms with Gasteiger partial charge in [0.25, 0.3) is 5.91 Å². The van der Waals surface area contributed by atoms with Crippen LogP contribution in [0.3, 0.4) is 0 Å². The number of carbonyl (C=O) groups is 2. The smallest absolute Gasteiger partial charge is 0.257 e. The number of benzene rings is 2. The van der Waals surface area contributed by atoms with Gasteiger partial charge in [-0.3, -0.25) is 9.59 Å². The van der Waals surface area contributed by atoms with Gasteiger partial charge in [-0.15, -0.1) is 0 Å². The van der Waals surface area contributed by atoms with Gasteiger partial charge in [0.15, 0.2) is 0 Å². The molecule has 2 heterocycles. The fourth-order valence-electron chi connectivity index (χ4n) is 3.69. The van der Waals surface area contributed by atoms with E-state index in [2.05, 4.69) is 10.6 Å². The van der Waals surface area contributed by atoms with Gasteiger partial charge in [0.1, 0.15) is 11.3 Å². The second kappa shape index (κ2) is 6.05. The third kappa shape index (κ3) is 2.67. The van der Waals surface area contributed by atoms with Crippen LogP contribution >= 0.6 is 0 Å². The minimum Gasteiger partial charge on any atom is -0.507 e. The molecule has 6 heteroatoms. The summed E-state index contributed by atoms with van der Waals surface area (Å²) < 4.78 is 0. The number of hydrogen-bond acceptors (Lipinski definition) is 4. The third-order valence-corrected chi connectivity index (χ3v) is 5.27. The largest absolute Gasteiger partial charge is 0.507 e. The molecule has 1 spiro atoms. The molecule has 0 atom stereocenters. The number of phenols is 1. The van der Waals surface area contributed by atoms with E-state index in [1.54, 1.807) is 23.1 Å². The van der Waals surface area contributed by atoms with Crippen LogP contribution in [0.1, 0.15) is 28.8 Å². The van der Waals surface area contributed by atoms with Crippen LogP contribution in [0.4, 0.5) is 11.4 Å². The van der Waals surface area contributed by atoms with E-state index in [9.17, 15) is 14.7 Å². The molecule has 0 radical (unpaired) electrons. The highest BCUT2D eigenvalue weighted by atomic mass is 16.3. The molecule has 1 saturated heterocycles. The van der Waals surface area contributed by atoms with Crippen LogP contribution in [0.15, 0.2) is 42.5 Å².